The molecule has 1 aromatic heterocycles. The van der Waals surface area contributed by atoms with Gasteiger partial charge in [0.2, 0.25) is 0 Å². The van der Waals surface area contributed by atoms with Gasteiger partial charge in [0.05, 0.1) is 32.4 Å². The molecule has 2 N–H and O–H groups in total. The molecule has 2 amide bonds. The minimum absolute atomic E-state index is 0.116. The number of amides is 2. The molecule has 7 heteroatoms. The Bertz CT molecular complexity index is 692. The van der Waals surface area contributed by atoms with Gasteiger partial charge in [-0.3, -0.25) is 9.59 Å². The molecular formula is C17H19FN3O3+. The van der Waals surface area contributed by atoms with E-state index in [0.29, 0.717) is 44.2 Å². The zero-order chi connectivity index (χ0) is 16.9. The Morgan fingerprint density at radius 2 is 1.88 bits per heavy atom. The molecule has 6 nitrogen and oxygen atoms in total. The highest BCUT2D eigenvalue weighted by atomic mass is 19.1. The van der Waals surface area contributed by atoms with E-state index in [9.17, 15) is 14.0 Å². The number of furan rings is 1. The maximum Gasteiger partial charge on any atom is 0.289 e. The smallest absolute Gasteiger partial charge is 0.289 e. The van der Waals surface area contributed by atoms with E-state index in [-0.39, 0.29) is 17.6 Å². The molecule has 0 spiro atoms. The Kier molecular flexibility index (Phi) is 4.90. The summed E-state index contributed by atoms with van der Waals surface area (Å²) in [6.45, 7) is 2.88. The molecule has 0 atom stereocenters. The topological polar surface area (TPSA) is 67.0 Å². The highest BCUT2D eigenvalue weighted by Crippen LogP contribution is 2.08. The minimum Gasteiger partial charge on any atom is -0.459 e. The number of hydrogen-bond donors (Lipinski definition) is 2. The van der Waals surface area contributed by atoms with Crippen molar-refractivity contribution in [2.24, 2.45) is 0 Å². The van der Waals surface area contributed by atoms with Gasteiger partial charge in [-0.2, -0.15) is 0 Å². The first-order valence-electron chi connectivity index (χ1n) is 7.83. The van der Waals surface area contributed by atoms with E-state index in [4.69, 9.17) is 4.42 Å². The van der Waals surface area contributed by atoms with Crippen LogP contribution >= 0.6 is 0 Å². The lowest BCUT2D eigenvalue weighted by Gasteiger charge is -2.31. The minimum atomic E-state index is -0.337. The van der Waals surface area contributed by atoms with Crippen molar-refractivity contribution in [2.45, 2.75) is 0 Å². The molecule has 0 radical (unpaired) electrons. The lowest BCUT2D eigenvalue weighted by atomic mass is 10.2. The van der Waals surface area contributed by atoms with Crippen molar-refractivity contribution >= 4 is 17.5 Å². The second-order valence-electron chi connectivity index (χ2n) is 5.75. The van der Waals surface area contributed by atoms with Crippen molar-refractivity contribution in [3.8, 4) is 0 Å². The third-order valence-corrected chi connectivity index (χ3v) is 4.03. The second kappa shape index (κ2) is 7.27. The maximum atomic E-state index is 12.8. The Labute approximate surface area is 138 Å². The van der Waals surface area contributed by atoms with Crippen molar-refractivity contribution in [1.82, 2.24) is 4.90 Å². The molecule has 1 saturated heterocycles. The average molecular weight is 332 g/mol. The molecule has 1 aliphatic rings. The Hall–Kier alpha value is -2.67. The fourth-order valence-electron chi connectivity index (χ4n) is 2.72. The Morgan fingerprint density at radius 1 is 1.17 bits per heavy atom. The summed E-state index contributed by atoms with van der Waals surface area (Å²) < 4.78 is 18.0. The van der Waals surface area contributed by atoms with Gasteiger partial charge < -0.3 is 19.5 Å². The van der Waals surface area contributed by atoms with Gasteiger partial charge in [-0.05, 0) is 36.4 Å². The van der Waals surface area contributed by atoms with E-state index < -0.39 is 0 Å². The summed E-state index contributed by atoms with van der Waals surface area (Å²) in [4.78, 5) is 27.1. The third kappa shape index (κ3) is 3.99. The molecule has 126 valence electrons. The van der Waals surface area contributed by atoms with Gasteiger partial charge in [-0.25, -0.2) is 4.39 Å². The number of anilines is 1. The van der Waals surface area contributed by atoms with E-state index in [1.807, 2.05) is 0 Å². The predicted octanol–water partition coefficient (Wildman–Crippen LogP) is 0.398. The molecule has 2 heterocycles. The van der Waals surface area contributed by atoms with Crippen LogP contribution in [0.25, 0.3) is 0 Å². The summed E-state index contributed by atoms with van der Waals surface area (Å²) in [5, 5.41) is 2.75. The van der Waals surface area contributed by atoms with E-state index in [1.165, 1.54) is 30.5 Å². The van der Waals surface area contributed by atoms with Crippen LogP contribution in [0.4, 0.5) is 10.1 Å². The summed E-state index contributed by atoms with van der Waals surface area (Å²) in [5.41, 5.74) is 0.576. The number of piperazine rings is 1. The molecule has 1 aromatic carbocycles. The largest absolute Gasteiger partial charge is 0.459 e. The van der Waals surface area contributed by atoms with Crippen LogP contribution < -0.4 is 10.2 Å². The van der Waals surface area contributed by atoms with Gasteiger partial charge in [-0.1, -0.05) is 0 Å². The second-order valence-corrected chi connectivity index (χ2v) is 5.75. The Morgan fingerprint density at radius 3 is 2.50 bits per heavy atom. The molecule has 0 bridgehead atoms. The molecule has 0 saturated carbocycles. The van der Waals surface area contributed by atoms with E-state index in [0.717, 1.165) is 4.90 Å². The number of nitrogens with zero attached hydrogens (tertiary/aromatic N) is 1. The van der Waals surface area contributed by atoms with Crippen LogP contribution in [0, 0.1) is 5.82 Å². The van der Waals surface area contributed by atoms with Gasteiger partial charge in [0.15, 0.2) is 12.3 Å². The lowest BCUT2D eigenvalue weighted by Crippen LogP contribution is -3.15. The van der Waals surface area contributed by atoms with Gasteiger partial charge in [0, 0.05) is 5.69 Å². The first-order chi connectivity index (χ1) is 11.6. The predicted molar refractivity (Wildman–Crippen MR) is 85.2 cm³/mol. The lowest BCUT2D eigenvalue weighted by molar-refractivity contribution is -0.895. The first kappa shape index (κ1) is 16.2. The SMILES string of the molecule is O=C(C[NH+]1CCN(C(=O)c2ccco2)CC1)Nc1ccc(F)cc1. The third-order valence-electron chi connectivity index (χ3n) is 4.03. The number of halogens is 1. The molecule has 1 fully saturated rings. The van der Waals surface area contributed by atoms with Crippen LogP contribution in [0.2, 0.25) is 0 Å². The number of quaternary nitrogens is 1. The summed E-state index contributed by atoms with van der Waals surface area (Å²) in [5.74, 6) is -0.235. The summed E-state index contributed by atoms with van der Waals surface area (Å²) in [6, 6.07) is 9.01. The molecule has 3 rings (SSSR count). The fraction of sp³-hybridized carbons (Fsp3) is 0.294. The van der Waals surface area contributed by atoms with Gasteiger partial charge >= 0.3 is 0 Å². The van der Waals surface area contributed by atoms with Crippen molar-refractivity contribution in [3.05, 3.63) is 54.2 Å². The molecule has 0 unspecified atom stereocenters. The maximum absolute atomic E-state index is 12.8. The number of rotatable bonds is 4. The Balaban J connectivity index is 1.46. The number of hydrogen-bond acceptors (Lipinski definition) is 3. The molecule has 0 aliphatic carbocycles. The molecular weight excluding hydrogens is 313 g/mol. The number of nitrogens with one attached hydrogen (secondary N) is 2. The monoisotopic (exact) mass is 332 g/mol. The van der Waals surface area contributed by atoms with E-state index in [1.54, 1.807) is 17.0 Å². The molecule has 2 aromatic rings. The van der Waals surface area contributed by atoms with Crippen molar-refractivity contribution in [3.63, 3.8) is 0 Å². The van der Waals surface area contributed by atoms with Crippen LogP contribution in [0.3, 0.4) is 0 Å². The van der Waals surface area contributed by atoms with Gasteiger partial charge in [-0.15, -0.1) is 0 Å². The van der Waals surface area contributed by atoms with Crippen molar-refractivity contribution in [2.75, 3.05) is 38.0 Å². The normalized spacial score (nSPS) is 15.3. The van der Waals surface area contributed by atoms with Crippen LogP contribution in [0.5, 0.6) is 0 Å². The van der Waals surface area contributed by atoms with E-state index in [2.05, 4.69) is 5.32 Å². The van der Waals surface area contributed by atoms with E-state index >= 15 is 0 Å². The van der Waals surface area contributed by atoms with Crippen LogP contribution in [0.1, 0.15) is 10.6 Å². The average Bonchev–Trinajstić information content (AvgIpc) is 3.11. The highest BCUT2D eigenvalue weighted by Gasteiger charge is 2.27. The zero-order valence-corrected chi connectivity index (χ0v) is 13.1. The van der Waals surface area contributed by atoms with Crippen LogP contribution in [-0.4, -0.2) is 49.4 Å². The first-order valence-corrected chi connectivity index (χ1v) is 7.83. The van der Waals surface area contributed by atoms with Crippen molar-refractivity contribution in [1.29, 1.82) is 0 Å². The molecule has 1 aliphatic heterocycles. The number of benzene rings is 1. The van der Waals surface area contributed by atoms with Crippen LogP contribution in [-0.2, 0) is 4.79 Å². The van der Waals surface area contributed by atoms with Gasteiger partial charge in [0.1, 0.15) is 5.82 Å². The number of carbonyl (C=O) groups is 2. The fourth-order valence-corrected chi connectivity index (χ4v) is 2.72. The van der Waals surface area contributed by atoms with Gasteiger partial charge in [0.25, 0.3) is 11.8 Å². The summed E-state index contributed by atoms with van der Waals surface area (Å²) in [7, 11) is 0. The summed E-state index contributed by atoms with van der Waals surface area (Å²) in [6.07, 6.45) is 1.48. The van der Waals surface area contributed by atoms with Crippen LogP contribution in [0.15, 0.2) is 47.1 Å². The quantitative estimate of drug-likeness (QED) is 0.852. The standard InChI is InChI=1S/C17H18FN3O3/c18-13-3-5-14(6-4-13)19-16(22)12-20-7-9-21(10-8-20)17(23)15-2-1-11-24-15/h1-6,11H,7-10,12H2,(H,19,22)/p+1. The summed E-state index contributed by atoms with van der Waals surface area (Å²) >= 11 is 0. The van der Waals surface area contributed by atoms with Crippen molar-refractivity contribution < 1.29 is 23.3 Å². The highest BCUT2D eigenvalue weighted by molar-refractivity contribution is 5.92. The molecule has 24 heavy (non-hydrogen) atoms. The zero-order valence-electron chi connectivity index (χ0n) is 13.1. The number of carbonyl (C=O) groups excluding carboxylic acids is 2.